The lowest BCUT2D eigenvalue weighted by Gasteiger charge is -2.16. The van der Waals surface area contributed by atoms with E-state index in [0.29, 0.717) is 0 Å². The number of anilines is 1. The van der Waals surface area contributed by atoms with Crippen LogP contribution in [-0.2, 0) is 15.7 Å². The van der Waals surface area contributed by atoms with Crippen LogP contribution in [0.15, 0.2) is 18.2 Å². The Kier molecular flexibility index (Phi) is 4.77. The highest BCUT2D eigenvalue weighted by Crippen LogP contribution is 2.37. The molecule has 1 rings (SSSR count). The van der Waals surface area contributed by atoms with Crippen molar-refractivity contribution in [3.05, 3.63) is 23.8 Å². The normalized spacial score (nSPS) is 12.9. The Morgan fingerprint density at radius 1 is 1.32 bits per heavy atom. The number of rotatable bonds is 4. The maximum Gasteiger partial charge on any atom is 0.418 e. The van der Waals surface area contributed by atoms with Gasteiger partial charge < -0.3 is 14.8 Å². The van der Waals surface area contributed by atoms with Gasteiger partial charge in [0.1, 0.15) is 11.9 Å². The molecular weight excluding hydrogens is 263 g/mol. The van der Waals surface area contributed by atoms with Gasteiger partial charge in [-0.25, -0.2) is 0 Å². The van der Waals surface area contributed by atoms with E-state index in [1.165, 1.54) is 27.2 Å². The van der Waals surface area contributed by atoms with Gasteiger partial charge in [0.15, 0.2) is 0 Å². The first-order chi connectivity index (χ1) is 8.79. The van der Waals surface area contributed by atoms with Crippen LogP contribution in [0.3, 0.4) is 0 Å². The quantitative estimate of drug-likeness (QED) is 0.920. The van der Waals surface area contributed by atoms with Crippen molar-refractivity contribution in [3.8, 4) is 5.75 Å². The van der Waals surface area contributed by atoms with Gasteiger partial charge in [-0.15, -0.1) is 0 Å². The molecule has 0 fully saturated rings. The van der Waals surface area contributed by atoms with E-state index in [2.05, 4.69) is 5.32 Å². The van der Waals surface area contributed by atoms with Crippen molar-refractivity contribution in [3.63, 3.8) is 0 Å². The summed E-state index contributed by atoms with van der Waals surface area (Å²) < 4.78 is 48.1. The topological polar surface area (TPSA) is 47.6 Å². The number of amides is 1. The van der Waals surface area contributed by atoms with Crippen molar-refractivity contribution in [2.24, 2.45) is 0 Å². The van der Waals surface area contributed by atoms with Gasteiger partial charge in [-0.2, -0.15) is 13.2 Å². The molecule has 1 amide bonds. The first-order valence-electron chi connectivity index (χ1n) is 5.38. The summed E-state index contributed by atoms with van der Waals surface area (Å²) in [5.74, 6) is -0.594. The smallest absolute Gasteiger partial charge is 0.418 e. The molecule has 1 unspecified atom stereocenters. The number of carbonyl (C=O) groups excluding carboxylic acids is 1. The second-order valence-corrected chi connectivity index (χ2v) is 3.78. The molecule has 0 aliphatic heterocycles. The second kappa shape index (κ2) is 5.92. The fraction of sp³-hybridized carbons (Fsp3) is 0.417. The Morgan fingerprint density at radius 3 is 2.42 bits per heavy atom. The van der Waals surface area contributed by atoms with Gasteiger partial charge >= 0.3 is 6.18 Å². The Bertz CT molecular complexity index is 460. The van der Waals surface area contributed by atoms with Crippen molar-refractivity contribution in [2.75, 3.05) is 19.5 Å². The molecule has 0 aromatic heterocycles. The minimum absolute atomic E-state index is 0.0603. The van der Waals surface area contributed by atoms with Crippen molar-refractivity contribution in [1.82, 2.24) is 0 Å². The van der Waals surface area contributed by atoms with E-state index < -0.39 is 23.8 Å². The third-order valence-corrected chi connectivity index (χ3v) is 2.51. The summed E-state index contributed by atoms with van der Waals surface area (Å²) in [7, 11) is 2.56. The molecule has 106 valence electrons. The number of hydrogen-bond donors (Lipinski definition) is 1. The maximum atomic E-state index is 12.9. The van der Waals surface area contributed by atoms with Crippen molar-refractivity contribution in [1.29, 1.82) is 0 Å². The number of nitrogens with one attached hydrogen (secondary N) is 1. The van der Waals surface area contributed by atoms with Crippen LogP contribution in [0.5, 0.6) is 5.75 Å². The maximum absolute atomic E-state index is 12.9. The van der Waals surface area contributed by atoms with E-state index in [1.54, 1.807) is 0 Å². The van der Waals surface area contributed by atoms with Gasteiger partial charge in [-0.3, -0.25) is 4.79 Å². The predicted octanol–water partition coefficient (Wildman–Crippen LogP) is 2.69. The molecule has 7 heteroatoms. The minimum atomic E-state index is -4.59. The SMILES string of the molecule is COc1ccc(NC(=O)C(C)OC)c(C(F)(F)F)c1. The zero-order valence-electron chi connectivity index (χ0n) is 10.7. The van der Waals surface area contributed by atoms with Crippen molar-refractivity contribution >= 4 is 11.6 Å². The highest BCUT2D eigenvalue weighted by Gasteiger charge is 2.34. The molecule has 4 nitrogen and oxygen atoms in total. The summed E-state index contributed by atoms with van der Waals surface area (Å²) in [6, 6.07) is 3.30. The van der Waals surface area contributed by atoms with Gasteiger partial charge in [0.05, 0.1) is 18.4 Å². The average molecular weight is 277 g/mol. The van der Waals surface area contributed by atoms with Gasteiger partial charge in [0.2, 0.25) is 0 Å². The van der Waals surface area contributed by atoms with Crippen LogP contribution >= 0.6 is 0 Å². The second-order valence-electron chi connectivity index (χ2n) is 3.78. The molecule has 1 aromatic carbocycles. The van der Waals surface area contributed by atoms with Crippen molar-refractivity contribution in [2.45, 2.75) is 19.2 Å². The molecular formula is C12H14F3NO3. The Balaban J connectivity index is 3.10. The summed E-state index contributed by atoms with van der Waals surface area (Å²) >= 11 is 0. The molecule has 1 N–H and O–H groups in total. The van der Waals surface area contributed by atoms with Crippen LogP contribution < -0.4 is 10.1 Å². The molecule has 0 spiro atoms. The molecule has 1 atom stereocenters. The number of ether oxygens (including phenoxy) is 2. The first kappa shape index (κ1) is 15.3. The summed E-state index contributed by atoms with van der Waals surface area (Å²) in [6.45, 7) is 1.44. The molecule has 19 heavy (non-hydrogen) atoms. The van der Waals surface area contributed by atoms with E-state index in [-0.39, 0.29) is 11.4 Å². The standard InChI is InChI=1S/C12H14F3NO3/c1-7(18-2)11(17)16-10-5-4-8(19-3)6-9(10)12(13,14)15/h4-7H,1-3H3,(H,16,17). The van der Waals surface area contributed by atoms with Gasteiger partial charge in [0, 0.05) is 7.11 Å². The summed E-state index contributed by atoms with van der Waals surface area (Å²) in [5.41, 5.74) is -1.30. The van der Waals surface area contributed by atoms with E-state index in [0.717, 1.165) is 12.1 Å². The fourth-order valence-electron chi connectivity index (χ4n) is 1.34. The Labute approximate surface area is 108 Å². The number of alkyl halides is 3. The summed E-state index contributed by atoms with van der Waals surface area (Å²) in [6.07, 6.45) is -5.43. The molecule has 0 aliphatic rings. The lowest BCUT2D eigenvalue weighted by atomic mass is 10.1. The fourth-order valence-corrected chi connectivity index (χ4v) is 1.34. The molecule has 0 saturated heterocycles. The lowest BCUT2D eigenvalue weighted by molar-refractivity contribution is -0.137. The molecule has 1 aromatic rings. The Hall–Kier alpha value is -1.76. The van der Waals surface area contributed by atoms with Crippen LogP contribution in [0.25, 0.3) is 0 Å². The third kappa shape index (κ3) is 3.85. The largest absolute Gasteiger partial charge is 0.497 e. The van der Waals surface area contributed by atoms with Crippen LogP contribution in [-0.4, -0.2) is 26.2 Å². The molecule has 0 saturated carbocycles. The van der Waals surface area contributed by atoms with Crippen LogP contribution in [0.1, 0.15) is 12.5 Å². The van der Waals surface area contributed by atoms with Gasteiger partial charge in [0.25, 0.3) is 5.91 Å². The number of hydrogen-bond acceptors (Lipinski definition) is 3. The first-order valence-corrected chi connectivity index (χ1v) is 5.38. The molecule has 0 radical (unpaired) electrons. The predicted molar refractivity (Wildman–Crippen MR) is 63.1 cm³/mol. The zero-order chi connectivity index (χ0) is 14.6. The van der Waals surface area contributed by atoms with Gasteiger partial charge in [-0.1, -0.05) is 0 Å². The highest BCUT2D eigenvalue weighted by atomic mass is 19.4. The van der Waals surface area contributed by atoms with Crippen LogP contribution in [0.2, 0.25) is 0 Å². The van der Waals surface area contributed by atoms with Gasteiger partial charge in [-0.05, 0) is 25.1 Å². The summed E-state index contributed by atoms with van der Waals surface area (Å²) in [5, 5.41) is 2.18. The average Bonchev–Trinajstić information content (AvgIpc) is 2.36. The molecule has 0 heterocycles. The third-order valence-electron chi connectivity index (χ3n) is 2.51. The van der Waals surface area contributed by atoms with Crippen LogP contribution in [0.4, 0.5) is 18.9 Å². The number of carbonyl (C=O) groups is 1. The minimum Gasteiger partial charge on any atom is -0.497 e. The van der Waals surface area contributed by atoms with E-state index in [4.69, 9.17) is 9.47 Å². The Morgan fingerprint density at radius 2 is 1.95 bits per heavy atom. The molecule has 0 aliphatic carbocycles. The molecule has 0 bridgehead atoms. The van der Waals surface area contributed by atoms with E-state index in [9.17, 15) is 18.0 Å². The summed E-state index contributed by atoms with van der Waals surface area (Å²) in [4.78, 5) is 11.5. The lowest BCUT2D eigenvalue weighted by Crippen LogP contribution is -2.27. The number of halogens is 3. The van der Waals surface area contributed by atoms with E-state index in [1.807, 2.05) is 0 Å². The van der Waals surface area contributed by atoms with Crippen LogP contribution in [0, 0.1) is 0 Å². The highest BCUT2D eigenvalue weighted by molar-refractivity contribution is 5.94. The number of benzene rings is 1. The van der Waals surface area contributed by atoms with E-state index >= 15 is 0 Å². The zero-order valence-corrected chi connectivity index (χ0v) is 10.7. The monoisotopic (exact) mass is 277 g/mol. The van der Waals surface area contributed by atoms with Crippen molar-refractivity contribution < 1.29 is 27.4 Å². The number of methoxy groups -OCH3 is 2.